The highest BCUT2D eigenvalue weighted by Crippen LogP contribution is 2.26. The molecule has 1 aromatic carbocycles. The normalized spacial score (nSPS) is 19.1. The number of nitrogens with two attached hydrogens (primary N) is 1. The first-order chi connectivity index (χ1) is 9.41. The first kappa shape index (κ1) is 15.9. The van der Waals surface area contributed by atoms with Crippen LogP contribution < -0.4 is 5.73 Å². The maximum Gasteiger partial charge on any atom is 0.137 e. The van der Waals surface area contributed by atoms with Gasteiger partial charge in [-0.05, 0) is 79.8 Å². The molecule has 112 valence electrons. The summed E-state index contributed by atoms with van der Waals surface area (Å²) >= 11 is 3.24. The van der Waals surface area contributed by atoms with Crippen molar-refractivity contribution >= 4 is 15.9 Å². The third kappa shape index (κ3) is 3.60. The number of rotatable bonds is 4. The Kier molecular flexibility index (Phi) is 5.21. The number of halogens is 2. The van der Waals surface area contributed by atoms with Gasteiger partial charge in [-0.2, -0.15) is 0 Å². The lowest BCUT2D eigenvalue weighted by atomic mass is 9.87. The first-order valence-corrected chi connectivity index (χ1v) is 8.15. The molecule has 4 heteroatoms. The molecular weight excluding hydrogens is 319 g/mol. The lowest BCUT2D eigenvalue weighted by molar-refractivity contribution is 0.0731. The zero-order chi connectivity index (χ0) is 14.8. The molecule has 1 aromatic rings. The summed E-state index contributed by atoms with van der Waals surface area (Å²) in [6.07, 6.45) is 4.62. The van der Waals surface area contributed by atoms with Crippen LogP contribution in [0.25, 0.3) is 0 Å². The van der Waals surface area contributed by atoms with Gasteiger partial charge in [0.15, 0.2) is 0 Å². The Balaban J connectivity index is 2.05. The van der Waals surface area contributed by atoms with Gasteiger partial charge in [-0.25, -0.2) is 4.39 Å². The van der Waals surface area contributed by atoms with E-state index in [4.69, 9.17) is 5.73 Å². The summed E-state index contributed by atoms with van der Waals surface area (Å²) in [5.41, 5.74) is 7.50. The van der Waals surface area contributed by atoms with Gasteiger partial charge in [0.2, 0.25) is 0 Å². The van der Waals surface area contributed by atoms with Gasteiger partial charge < -0.3 is 5.73 Å². The molecule has 0 saturated carbocycles. The van der Waals surface area contributed by atoms with Crippen molar-refractivity contribution in [1.82, 2.24) is 4.90 Å². The first-order valence-electron chi connectivity index (χ1n) is 7.36. The number of hydrogen-bond donors (Lipinski definition) is 1. The number of nitrogens with zero attached hydrogens (tertiary/aromatic N) is 1. The van der Waals surface area contributed by atoms with Crippen LogP contribution >= 0.6 is 15.9 Å². The van der Waals surface area contributed by atoms with Crippen LogP contribution in [0.1, 0.15) is 38.7 Å². The fraction of sp³-hybridized carbons (Fsp3) is 0.625. The fourth-order valence-corrected chi connectivity index (χ4v) is 3.30. The maximum atomic E-state index is 13.3. The van der Waals surface area contributed by atoms with Crippen LogP contribution in [0.5, 0.6) is 0 Å². The van der Waals surface area contributed by atoms with E-state index in [9.17, 15) is 4.39 Å². The lowest BCUT2D eigenvalue weighted by Gasteiger charge is -2.44. The van der Waals surface area contributed by atoms with E-state index >= 15 is 0 Å². The standard InChI is InChI=1S/C16H24BrFN2/c1-16(2,20-8-4-3-5-9-20)15(19)11-12-6-7-14(18)13(17)10-12/h6-7,10,15H,3-5,8-9,11,19H2,1-2H3. The van der Waals surface area contributed by atoms with Crippen molar-refractivity contribution in [3.8, 4) is 0 Å². The molecule has 0 amide bonds. The zero-order valence-electron chi connectivity index (χ0n) is 12.3. The molecule has 1 unspecified atom stereocenters. The summed E-state index contributed by atoms with van der Waals surface area (Å²) in [4.78, 5) is 2.50. The van der Waals surface area contributed by atoms with Crippen LogP contribution in [-0.2, 0) is 6.42 Å². The Morgan fingerprint density at radius 1 is 1.30 bits per heavy atom. The molecule has 2 rings (SSSR count). The van der Waals surface area contributed by atoms with E-state index in [1.807, 2.05) is 12.1 Å². The highest BCUT2D eigenvalue weighted by atomic mass is 79.9. The van der Waals surface area contributed by atoms with Crippen LogP contribution in [0.3, 0.4) is 0 Å². The van der Waals surface area contributed by atoms with E-state index in [-0.39, 0.29) is 17.4 Å². The van der Waals surface area contributed by atoms with Gasteiger partial charge in [0.1, 0.15) is 5.82 Å². The van der Waals surface area contributed by atoms with Crippen molar-refractivity contribution in [2.24, 2.45) is 5.73 Å². The Hall–Kier alpha value is -0.450. The summed E-state index contributed by atoms with van der Waals surface area (Å²) in [6, 6.07) is 5.20. The summed E-state index contributed by atoms with van der Waals surface area (Å²) in [7, 11) is 0. The minimum Gasteiger partial charge on any atom is -0.326 e. The molecule has 1 saturated heterocycles. The molecule has 2 N–H and O–H groups in total. The third-order valence-corrected chi connectivity index (χ3v) is 5.13. The summed E-state index contributed by atoms with van der Waals surface area (Å²) in [6.45, 7) is 6.71. The van der Waals surface area contributed by atoms with Gasteiger partial charge in [-0.3, -0.25) is 4.90 Å². The van der Waals surface area contributed by atoms with E-state index in [0.717, 1.165) is 25.1 Å². The Morgan fingerprint density at radius 3 is 2.55 bits per heavy atom. The molecule has 1 fully saturated rings. The van der Waals surface area contributed by atoms with E-state index in [1.165, 1.54) is 25.3 Å². The molecule has 1 heterocycles. The van der Waals surface area contributed by atoms with Crippen molar-refractivity contribution in [2.45, 2.75) is 51.1 Å². The molecule has 20 heavy (non-hydrogen) atoms. The van der Waals surface area contributed by atoms with Crippen LogP contribution in [0.4, 0.5) is 4.39 Å². The van der Waals surface area contributed by atoms with Gasteiger partial charge in [0, 0.05) is 11.6 Å². The topological polar surface area (TPSA) is 29.3 Å². The molecule has 0 spiro atoms. The third-order valence-electron chi connectivity index (χ3n) is 4.52. The van der Waals surface area contributed by atoms with Crippen LogP contribution in [-0.4, -0.2) is 29.6 Å². The molecule has 2 nitrogen and oxygen atoms in total. The quantitative estimate of drug-likeness (QED) is 0.903. The molecular formula is C16H24BrFN2. The Bertz CT molecular complexity index is 456. The zero-order valence-corrected chi connectivity index (χ0v) is 13.9. The largest absolute Gasteiger partial charge is 0.326 e. The Labute approximate surface area is 129 Å². The second-order valence-electron chi connectivity index (χ2n) is 6.26. The van der Waals surface area contributed by atoms with Gasteiger partial charge in [-0.1, -0.05) is 12.5 Å². The van der Waals surface area contributed by atoms with Gasteiger partial charge in [0.25, 0.3) is 0 Å². The highest BCUT2D eigenvalue weighted by molar-refractivity contribution is 9.10. The molecule has 0 radical (unpaired) electrons. The molecule has 1 aliphatic rings. The second-order valence-corrected chi connectivity index (χ2v) is 7.11. The highest BCUT2D eigenvalue weighted by Gasteiger charge is 2.33. The maximum absolute atomic E-state index is 13.3. The molecule has 1 aliphatic heterocycles. The van der Waals surface area contributed by atoms with E-state index in [2.05, 4.69) is 34.7 Å². The average molecular weight is 343 g/mol. The predicted molar refractivity (Wildman–Crippen MR) is 85.3 cm³/mol. The van der Waals surface area contributed by atoms with Crippen LogP contribution in [0.15, 0.2) is 22.7 Å². The minimum absolute atomic E-state index is 0.0265. The number of piperidine rings is 1. The Morgan fingerprint density at radius 2 is 1.95 bits per heavy atom. The predicted octanol–water partition coefficient (Wildman–Crippen LogP) is 3.72. The van der Waals surface area contributed by atoms with Gasteiger partial charge >= 0.3 is 0 Å². The lowest BCUT2D eigenvalue weighted by Crippen LogP contribution is -2.58. The molecule has 1 atom stereocenters. The molecule has 0 aliphatic carbocycles. The molecule has 0 bridgehead atoms. The van der Waals surface area contributed by atoms with E-state index in [1.54, 1.807) is 0 Å². The van der Waals surface area contributed by atoms with Crippen molar-refractivity contribution in [3.05, 3.63) is 34.1 Å². The SMILES string of the molecule is CC(C)(C(N)Cc1ccc(F)c(Br)c1)N1CCCCC1. The van der Waals surface area contributed by atoms with E-state index in [0.29, 0.717) is 4.47 Å². The van der Waals surface area contributed by atoms with Crippen molar-refractivity contribution in [3.63, 3.8) is 0 Å². The average Bonchev–Trinajstić information content (AvgIpc) is 2.44. The summed E-state index contributed by atoms with van der Waals surface area (Å²) in [5.74, 6) is -0.224. The molecule has 0 aromatic heterocycles. The summed E-state index contributed by atoms with van der Waals surface area (Å²) < 4.78 is 13.8. The summed E-state index contributed by atoms with van der Waals surface area (Å²) in [5, 5.41) is 0. The monoisotopic (exact) mass is 342 g/mol. The fourth-order valence-electron chi connectivity index (χ4n) is 2.88. The minimum atomic E-state index is -0.224. The second kappa shape index (κ2) is 6.54. The van der Waals surface area contributed by atoms with Gasteiger partial charge in [-0.15, -0.1) is 0 Å². The van der Waals surface area contributed by atoms with Gasteiger partial charge in [0.05, 0.1) is 4.47 Å². The number of benzene rings is 1. The smallest absolute Gasteiger partial charge is 0.137 e. The van der Waals surface area contributed by atoms with Crippen LogP contribution in [0.2, 0.25) is 0 Å². The van der Waals surface area contributed by atoms with E-state index < -0.39 is 0 Å². The van der Waals surface area contributed by atoms with Crippen molar-refractivity contribution < 1.29 is 4.39 Å². The van der Waals surface area contributed by atoms with Crippen molar-refractivity contribution in [1.29, 1.82) is 0 Å². The van der Waals surface area contributed by atoms with Crippen LogP contribution in [0, 0.1) is 5.82 Å². The number of hydrogen-bond acceptors (Lipinski definition) is 2. The van der Waals surface area contributed by atoms with Crippen molar-refractivity contribution in [2.75, 3.05) is 13.1 Å². The number of likely N-dealkylation sites (tertiary alicyclic amines) is 1.